The van der Waals surface area contributed by atoms with Crippen molar-refractivity contribution in [1.82, 2.24) is 19.9 Å². The average Bonchev–Trinajstić information content (AvgIpc) is 3.19. The van der Waals surface area contributed by atoms with Crippen LogP contribution >= 0.6 is 23.5 Å². The molecule has 0 saturated heterocycles. The maximum atomic E-state index is 13.0. The zero-order chi connectivity index (χ0) is 39.8. The number of alkyl halides is 6. The number of nitrogens with zero attached hydrogens (tertiary/aromatic N) is 4. The molecule has 7 rings (SSSR count). The van der Waals surface area contributed by atoms with Crippen LogP contribution in [0.2, 0.25) is 0 Å². The van der Waals surface area contributed by atoms with Gasteiger partial charge in [-0.25, -0.2) is 15.0 Å². The average molecular weight is 797 g/mol. The third kappa shape index (κ3) is 8.32. The van der Waals surface area contributed by atoms with Crippen molar-refractivity contribution in [2.24, 2.45) is 5.73 Å². The Kier molecular flexibility index (Phi) is 10.5. The fourth-order valence-electron chi connectivity index (χ4n) is 5.63. The number of pyridine rings is 4. The molecular weight excluding hydrogens is 771 g/mol. The van der Waals surface area contributed by atoms with Gasteiger partial charge in [-0.3, -0.25) is 21.2 Å². The second-order valence-corrected chi connectivity index (χ2v) is 14.4. The summed E-state index contributed by atoms with van der Waals surface area (Å²) in [5, 5.41) is 26.8. The summed E-state index contributed by atoms with van der Waals surface area (Å²) < 4.78 is 78.2. The number of hydrogen-bond acceptors (Lipinski definition) is 10. The number of halogens is 6. The highest BCUT2D eigenvalue weighted by Gasteiger charge is 2.31. The smallest absolute Gasteiger partial charge is 0.314 e. The molecule has 0 aliphatic heterocycles. The molecule has 5 N–H and O–H groups in total. The fourth-order valence-corrected chi connectivity index (χ4v) is 7.01. The number of aromatic nitrogens is 4. The first-order valence-corrected chi connectivity index (χ1v) is 18.2. The van der Waals surface area contributed by atoms with Gasteiger partial charge in [0.05, 0.1) is 61.7 Å². The minimum absolute atomic E-state index is 0.0389. The molecule has 0 radical (unpaired) electrons. The normalized spacial score (nSPS) is 12.5. The fraction of sp³-hybridized carbons (Fsp3) is 0.0750. The lowest BCUT2D eigenvalue weighted by Crippen LogP contribution is -2.12. The second-order valence-electron chi connectivity index (χ2n) is 12.2. The maximum absolute atomic E-state index is 13.0. The van der Waals surface area contributed by atoms with Crippen LogP contribution in [0.4, 0.5) is 26.3 Å². The molecule has 0 aliphatic rings. The van der Waals surface area contributed by atoms with Crippen molar-refractivity contribution >= 4 is 60.5 Å². The van der Waals surface area contributed by atoms with Crippen molar-refractivity contribution in [1.29, 1.82) is 16.2 Å². The molecule has 1 atom stereocenters. The van der Waals surface area contributed by atoms with Crippen LogP contribution in [0.3, 0.4) is 0 Å². The van der Waals surface area contributed by atoms with E-state index in [0.29, 0.717) is 44.9 Å². The van der Waals surface area contributed by atoms with Crippen LogP contribution in [0.1, 0.15) is 39.3 Å². The number of hydrogen-bond donors (Lipinski definition) is 4. The number of fused-ring (bicyclic) bond motifs is 3. The molecule has 3 aromatic carbocycles. The Morgan fingerprint density at radius 3 is 1.43 bits per heavy atom. The van der Waals surface area contributed by atoms with Crippen LogP contribution in [0, 0.1) is 16.2 Å². The van der Waals surface area contributed by atoms with Crippen LogP contribution in [0.25, 0.3) is 44.3 Å². The van der Waals surface area contributed by atoms with E-state index in [1.54, 1.807) is 60.7 Å². The Bertz CT molecular complexity index is 2650. The molecule has 4 heterocycles. The van der Waals surface area contributed by atoms with Gasteiger partial charge in [-0.15, -0.1) is 0 Å². The molecule has 0 aliphatic carbocycles. The number of thioether (sulfide) groups is 2. The lowest BCUT2D eigenvalue weighted by atomic mass is 10.1. The standard InChI is InChI=1S/C40H26F6N8S2/c41-39(42,43)25-15-9-21(10-16-25)27-3-1-5-29(51-27)35(47)55-37(49)31-19-13-23-7-8-24-14-20-32(54-34(24)33(23)53-31)38(50)56-36(48)30-6-2-4-28(52-30)22-11-17-26(18-12-22)40(44,45)46/h1-20,35,48-50H,47H2. The Labute approximate surface area is 323 Å². The van der Waals surface area contributed by atoms with E-state index < -0.39 is 28.9 Å². The van der Waals surface area contributed by atoms with Gasteiger partial charge in [0.2, 0.25) is 0 Å². The summed E-state index contributed by atoms with van der Waals surface area (Å²) in [6.07, 6.45) is -8.93. The number of rotatable bonds is 7. The molecule has 1 unspecified atom stereocenters. The Morgan fingerprint density at radius 2 is 0.929 bits per heavy atom. The van der Waals surface area contributed by atoms with Crippen LogP contribution in [-0.2, 0) is 12.4 Å². The molecule has 7 aromatic rings. The van der Waals surface area contributed by atoms with Crippen LogP contribution in [0.15, 0.2) is 121 Å². The molecule has 0 fully saturated rings. The lowest BCUT2D eigenvalue weighted by Gasteiger charge is -2.14. The highest BCUT2D eigenvalue weighted by Crippen LogP contribution is 2.34. The number of nitrogens with two attached hydrogens (primary N) is 1. The van der Waals surface area contributed by atoms with Crippen molar-refractivity contribution in [3.8, 4) is 22.5 Å². The predicted molar refractivity (Wildman–Crippen MR) is 209 cm³/mol. The third-order valence-corrected chi connectivity index (χ3v) is 10.3. The molecule has 0 spiro atoms. The molecule has 0 saturated carbocycles. The highest BCUT2D eigenvalue weighted by atomic mass is 32.2. The topological polar surface area (TPSA) is 149 Å². The van der Waals surface area contributed by atoms with E-state index >= 15 is 0 Å². The monoisotopic (exact) mass is 796 g/mol. The molecular formula is C40H26F6N8S2. The predicted octanol–water partition coefficient (Wildman–Crippen LogP) is 10.7. The van der Waals surface area contributed by atoms with Gasteiger partial charge in [0, 0.05) is 21.9 Å². The SMILES string of the molecule is N=C(SC(=N)c1ccc2ccc3ccc(C(=N)SC(N)c4cccc(-c5ccc(C(F)(F)F)cc5)n4)nc3c2n1)c1cccc(-c2ccc(C(F)(F)F)cc2)n1. The van der Waals surface area contributed by atoms with Crippen LogP contribution in [0.5, 0.6) is 0 Å². The van der Waals surface area contributed by atoms with E-state index in [9.17, 15) is 26.3 Å². The van der Waals surface area contributed by atoms with Crippen LogP contribution in [-0.4, -0.2) is 35.1 Å². The second kappa shape index (κ2) is 15.3. The van der Waals surface area contributed by atoms with Gasteiger partial charge in [-0.05, 0) is 72.4 Å². The number of benzene rings is 3. The Balaban J connectivity index is 1.08. The molecule has 8 nitrogen and oxygen atoms in total. The maximum Gasteiger partial charge on any atom is 0.416 e. The van der Waals surface area contributed by atoms with Gasteiger partial charge in [0.1, 0.15) is 15.1 Å². The summed E-state index contributed by atoms with van der Waals surface area (Å²) in [6.45, 7) is 0. The minimum Gasteiger partial charge on any atom is -0.314 e. The third-order valence-electron chi connectivity index (χ3n) is 8.49. The van der Waals surface area contributed by atoms with Gasteiger partial charge in [-0.1, -0.05) is 72.4 Å². The molecule has 16 heteroatoms. The first kappa shape index (κ1) is 38.3. The van der Waals surface area contributed by atoms with Crippen molar-refractivity contribution < 1.29 is 26.3 Å². The Morgan fingerprint density at radius 1 is 0.500 bits per heavy atom. The summed E-state index contributed by atoms with van der Waals surface area (Å²) in [6, 6.07) is 29.7. The summed E-state index contributed by atoms with van der Waals surface area (Å²) in [5.41, 5.74) is 8.77. The molecule has 280 valence electrons. The summed E-state index contributed by atoms with van der Waals surface area (Å²) in [7, 11) is 0. The molecule has 0 bridgehead atoms. The van der Waals surface area contributed by atoms with E-state index in [-0.39, 0.29) is 26.5 Å². The van der Waals surface area contributed by atoms with E-state index in [1.807, 2.05) is 12.1 Å². The van der Waals surface area contributed by atoms with E-state index in [2.05, 4.69) is 9.97 Å². The van der Waals surface area contributed by atoms with Crippen molar-refractivity contribution in [2.75, 3.05) is 0 Å². The van der Waals surface area contributed by atoms with E-state index in [4.69, 9.17) is 31.9 Å². The first-order chi connectivity index (χ1) is 26.6. The lowest BCUT2D eigenvalue weighted by molar-refractivity contribution is -0.138. The molecule has 0 amide bonds. The van der Waals surface area contributed by atoms with Crippen molar-refractivity contribution in [2.45, 2.75) is 17.7 Å². The van der Waals surface area contributed by atoms with Gasteiger partial charge in [0.25, 0.3) is 0 Å². The van der Waals surface area contributed by atoms with Gasteiger partial charge in [0.15, 0.2) is 0 Å². The van der Waals surface area contributed by atoms with Gasteiger partial charge in [-0.2, -0.15) is 26.3 Å². The summed E-state index contributed by atoms with van der Waals surface area (Å²) in [5.74, 6) is 0. The quantitative estimate of drug-likeness (QED) is 0.0412. The zero-order valence-electron chi connectivity index (χ0n) is 28.6. The Hall–Kier alpha value is -5.97. The summed E-state index contributed by atoms with van der Waals surface area (Å²) >= 11 is 1.81. The zero-order valence-corrected chi connectivity index (χ0v) is 30.2. The largest absolute Gasteiger partial charge is 0.416 e. The molecule has 56 heavy (non-hydrogen) atoms. The van der Waals surface area contributed by atoms with E-state index in [0.717, 1.165) is 58.6 Å². The van der Waals surface area contributed by atoms with Gasteiger partial charge >= 0.3 is 12.4 Å². The number of nitrogens with one attached hydrogen (secondary N) is 3. The molecule has 4 aromatic heterocycles. The van der Waals surface area contributed by atoms with Gasteiger partial charge < -0.3 is 5.73 Å². The van der Waals surface area contributed by atoms with E-state index in [1.165, 1.54) is 24.3 Å². The van der Waals surface area contributed by atoms with Crippen molar-refractivity contribution in [3.63, 3.8) is 0 Å². The first-order valence-electron chi connectivity index (χ1n) is 16.5. The highest BCUT2D eigenvalue weighted by molar-refractivity contribution is 8.27. The minimum atomic E-state index is -4.47. The summed E-state index contributed by atoms with van der Waals surface area (Å²) in [4.78, 5) is 18.4. The van der Waals surface area contributed by atoms with Crippen molar-refractivity contribution in [3.05, 3.63) is 155 Å². The van der Waals surface area contributed by atoms with Crippen LogP contribution < -0.4 is 5.73 Å².